The van der Waals surface area contributed by atoms with Gasteiger partial charge in [-0.3, -0.25) is 4.79 Å². The minimum absolute atomic E-state index is 0.0183. The number of hydrogen-bond donors (Lipinski definition) is 1. The molecule has 0 aliphatic heterocycles. The van der Waals surface area contributed by atoms with Gasteiger partial charge in [0, 0.05) is 12.3 Å². The Kier molecular flexibility index (Phi) is 3.75. The third-order valence-electron chi connectivity index (χ3n) is 5.54. The Labute approximate surface area is 134 Å². The lowest BCUT2D eigenvalue weighted by Gasteiger charge is -2.61. The molecule has 3 fully saturated rings. The molecule has 120 valence electrons. The molecular formula is C16H22N2O3S. The van der Waals surface area contributed by atoms with E-state index in [9.17, 15) is 9.59 Å². The number of carbonyl (C=O) groups is 2. The lowest BCUT2D eigenvalue weighted by molar-refractivity contribution is -0.156. The van der Waals surface area contributed by atoms with E-state index in [0.717, 1.165) is 6.42 Å². The van der Waals surface area contributed by atoms with Gasteiger partial charge in [-0.2, -0.15) is 0 Å². The highest BCUT2D eigenvalue weighted by atomic mass is 32.1. The number of fused-ring (bicyclic) bond motifs is 2. The molecule has 3 aliphatic carbocycles. The zero-order chi connectivity index (χ0) is 16.1. The van der Waals surface area contributed by atoms with Crippen LogP contribution in [-0.2, 0) is 9.53 Å². The molecule has 3 saturated carbocycles. The van der Waals surface area contributed by atoms with E-state index in [-0.39, 0.29) is 23.7 Å². The fourth-order valence-electron chi connectivity index (χ4n) is 4.03. The molecule has 1 amide bonds. The number of nitrogens with one attached hydrogen (secondary N) is 1. The molecule has 6 heteroatoms. The van der Waals surface area contributed by atoms with Gasteiger partial charge in [0.2, 0.25) is 5.91 Å². The third-order valence-corrected chi connectivity index (χ3v) is 6.30. The van der Waals surface area contributed by atoms with Gasteiger partial charge in [0.05, 0.1) is 0 Å². The first-order valence-electron chi connectivity index (χ1n) is 7.73. The molecule has 1 heterocycles. The van der Waals surface area contributed by atoms with Crippen molar-refractivity contribution in [2.45, 2.75) is 46.6 Å². The van der Waals surface area contributed by atoms with Gasteiger partial charge in [-0.25, -0.2) is 9.78 Å². The van der Waals surface area contributed by atoms with Crippen LogP contribution >= 0.6 is 11.3 Å². The van der Waals surface area contributed by atoms with Crippen LogP contribution in [0, 0.1) is 23.2 Å². The van der Waals surface area contributed by atoms with Gasteiger partial charge in [0.15, 0.2) is 10.8 Å². The first-order chi connectivity index (χ1) is 10.3. The molecular weight excluding hydrogens is 300 g/mol. The summed E-state index contributed by atoms with van der Waals surface area (Å²) >= 11 is 1.23. The molecule has 0 unspecified atom stereocenters. The Morgan fingerprint density at radius 2 is 2.14 bits per heavy atom. The lowest BCUT2D eigenvalue weighted by atomic mass is 9.45. The van der Waals surface area contributed by atoms with Crippen molar-refractivity contribution in [3.63, 3.8) is 0 Å². The number of anilines is 1. The highest BCUT2D eigenvalue weighted by Gasteiger charge is 2.57. The maximum Gasteiger partial charge on any atom is 0.358 e. The number of thiazole rings is 1. The predicted molar refractivity (Wildman–Crippen MR) is 84.8 cm³/mol. The lowest BCUT2D eigenvalue weighted by Crippen LogP contribution is -2.57. The van der Waals surface area contributed by atoms with Gasteiger partial charge in [0.1, 0.15) is 6.10 Å². The van der Waals surface area contributed by atoms with E-state index in [1.165, 1.54) is 24.7 Å². The Bertz CT molecular complexity index is 610. The van der Waals surface area contributed by atoms with Crippen molar-refractivity contribution in [3.05, 3.63) is 11.1 Å². The van der Waals surface area contributed by atoms with Crippen LogP contribution in [0.25, 0.3) is 0 Å². The molecule has 5 nitrogen and oxygen atoms in total. The van der Waals surface area contributed by atoms with Gasteiger partial charge >= 0.3 is 5.97 Å². The van der Waals surface area contributed by atoms with Crippen molar-refractivity contribution in [1.82, 2.24) is 4.98 Å². The molecule has 22 heavy (non-hydrogen) atoms. The molecule has 1 aromatic heterocycles. The van der Waals surface area contributed by atoms with Gasteiger partial charge in [0.25, 0.3) is 0 Å². The van der Waals surface area contributed by atoms with Crippen LogP contribution in [0.3, 0.4) is 0 Å². The number of nitrogens with zero attached hydrogens (tertiary/aromatic N) is 1. The molecule has 1 N–H and O–H groups in total. The van der Waals surface area contributed by atoms with Crippen molar-refractivity contribution >= 4 is 28.3 Å². The Balaban J connectivity index is 1.63. The summed E-state index contributed by atoms with van der Waals surface area (Å²) in [6, 6.07) is 0. The van der Waals surface area contributed by atoms with E-state index in [2.05, 4.69) is 31.1 Å². The van der Waals surface area contributed by atoms with Gasteiger partial charge < -0.3 is 10.1 Å². The zero-order valence-corrected chi connectivity index (χ0v) is 14.2. The Morgan fingerprint density at radius 3 is 2.73 bits per heavy atom. The van der Waals surface area contributed by atoms with Crippen LogP contribution in [-0.4, -0.2) is 23.0 Å². The summed E-state index contributed by atoms with van der Waals surface area (Å²) in [5.74, 6) is 1.09. The SMILES string of the molecule is CC(=O)Nc1nc(C(=O)O[C@@H]2C[C@H]3C[C@@H]([C@@H]2C)C3(C)C)cs1. The molecule has 0 radical (unpaired) electrons. The van der Waals surface area contributed by atoms with E-state index in [1.807, 2.05) is 0 Å². The summed E-state index contributed by atoms with van der Waals surface area (Å²) in [5, 5.41) is 4.64. The molecule has 2 bridgehead atoms. The summed E-state index contributed by atoms with van der Waals surface area (Å²) in [6.07, 6.45) is 2.18. The van der Waals surface area contributed by atoms with Crippen molar-refractivity contribution in [2.24, 2.45) is 23.2 Å². The Hall–Kier alpha value is -1.43. The monoisotopic (exact) mass is 322 g/mol. The Morgan fingerprint density at radius 1 is 1.41 bits per heavy atom. The maximum atomic E-state index is 12.2. The first kappa shape index (κ1) is 15.5. The number of amides is 1. The fourth-order valence-corrected chi connectivity index (χ4v) is 4.76. The molecule has 3 aliphatic rings. The largest absolute Gasteiger partial charge is 0.457 e. The second-order valence-corrected chi connectivity index (χ2v) is 7.98. The van der Waals surface area contributed by atoms with Crippen molar-refractivity contribution in [1.29, 1.82) is 0 Å². The molecule has 4 rings (SSSR count). The van der Waals surface area contributed by atoms with Crippen LogP contribution in [0.15, 0.2) is 5.38 Å². The van der Waals surface area contributed by atoms with Crippen LogP contribution in [0.2, 0.25) is 0 Å². The van der Waals surface area contributed by atoms with Crippen LogP contribution in [0.5, 0.6) is 0 Å². The number of carbonyl (C=O) groups excluding carboxylic acids is 2. The second kappa shape index (κ2) is 5.33. The van der Waals surface area contributed by atoms with Crippen molar-refractivity contribution in [3.8, 4) is 0 Å². The summed E-state index contributed by atoms with van der Waals surface area (Å²) in [5.41, 5.74) is 0.654. The normalized spacial score (nSPS) is 32.0. The maximum absolute atomic E-state index is 12.2. The average Bonchev–Trinajstić information content (AvgIpc) is 2.88. The molecule has 0 spiro atoms. The summed E-state index contributed by atoms with van der Waals surface area (Å²) in [4.78, 5) is 27.4. The standard InChI is InChI=1S/C16H22N2O3S/c1-8-11-5-10(16(11,3)4)6-13(8)21-14(20)12-7-22-15(18-12)17-9(2)19/h7-8,10-11,13H,5-6H2,1-4H3,(H,17,18,19)/t8-,10+,11-,13+/m0/s1. The molecule has 1 aromatic rings. The minimum atomic E-state index is -0.385. The van der Waals surface area contributed by atoms with E-state index >= 15 is 0 Å². The number of esters is 1. The third kappa shape index (κ3) is 2.53. The first-order valence-corrected chi connectivity index (χ1v) is 8.61. The van der Waals surface area contributed by atoms with E-state index < -0.39 is 0 Å². The predicted octanol–water partition coefficient (Wildman–Crippen LogP) is 3.33. The van der Waals surface area contributed by atoms with Gasteiger partial charge in [-0.1, -0.05) is 20.8 Å². The van der Waals surface area contributed by atoms with Crippen LogP contribution in [0.4, 0.5) is 5.13 Å². The molecule has 4 atom stereocenters. The zero-order valence-electron chi connectivity index (χ0n) is 13.4. The summed E-state index contributed by atoms with van der Waals surface area (Å²) in [6.45, 7) is 8.24. The number of ether oxygens (including phenoxy) is 1. The number of rotatable bonds is 3. The van der Waals surface area contributed by atoms with Crippen LogP contribution in [0.1, 0.15) is 51.0 Å². The van der Waals surface area contributed by atoms with Crippen molar-refractivity contribution in [2.75, 3.05) is 5.32 Å². The number of hydrogen-bond acceptors (Lipinski definition) is 5. The molecule has 0 saturated heterocycles. The van der Waals surface area contributed by atoms with Crippen molar-refractivity contribution < 1.29 is 14.3 Å². The second-order valence-electron chi connectivity index (χ2n) is 7.12. The number of aromatic nitrogens is 1. The van der Waals surface area contributed by atoms with E-state index in [1.54, 1.807) is 5.38 Å². The van der Waals surface area contributed by atoms with Crippen LogP contribution < -0.4 is 5.32 Å². The topological polar surface area (TPSA) is 68.3 Å². The summed E-state index contributed by atoms with van der Waals surface area (Å²) in [7, 11) is 0. The van der Waals surface area contributed by atoms with E-state index in [4.69, 9.17) is 4.74 Å². The molecule has 0 aromatic carbocycles. The minimum Gasteiger partial charge on any atom is -0.457 e. The fraction of sp³-hybridized carbons (Fsp3) is 0.688. The highest BCUT2D eigenvalue weighted by Crippen LogP contribution is 2.61. The van der Waals surface area contributed by atoms with Gasteiger partial charge in [-0.05, 0) is 36.0 Å². The van der Waals surface area contributed by atoms with E-state index in [0.29, 0.717) is 28.3 Å². The smallest absolute Gasteiger partial charge is 0.358 e. The quantitative estimate of drug-likeness (QED) is 0.867. The summed E-state index contributed by atoms with van der Waals surface area (Å²) < 4.78 is 5.69. The average molecular weight is 322 g/mol. The highest BCUT2D eigenvalue weighted by molar-refractivity contribution is 7.14. The van der Waals surface area contributed by atoms with Gasteiger partial charge in [-0.15, -0.1) is 11.3 Å².